The van der Waals surface area contributed by atoms with Gasteiger partial charge in [0.25, 0.3) is 0 Å². The zero-order chi connectivity index (χ0) is 16.4. The maximum absolute atomic E-state index is 5.37. The monoisotopic (exact) mass is 331 g/mol. The number of likely N-dealkylation sites (N-methyl/N-ethyl adjacent to an activating group) is 1. The van der Waals surface area contributed by atoms with Crippen molar-refractivity contribution in [3.8, 4) is 0 Å². The summed E-state index contributed by atoms with van der Waals surface area (Å²) in [4.78, 5) is 13.4. The van der Waals surface area contributed by atoms with Crippen LogP contribution in [-0.2, 0) is 13.1 Å². The lowest BCUT2D eigenvalue weighted by atomic mass is 10.0. The number of nitrogens with zero attached hydrogens (tertiary/aromatic N) is 7. The molecule has 0 spiro atoms. The van der Waals surface area contributed by atoms with E-state index in [0.717, 1.165) is 44.4 Å². The van der Waals surface area contributed by atoms with Gasteiger partial charge in [-0.15, -0.1) is 0 Å². The lowest BCUT2D eigenvalue weighted by molar-refractivity contribution is 0.106. The third-order valence-corrected chi connectivity index (χ3v) is 5.03. The van der Waals surface area contributed by atoms with Gasteiger partial charge in [0.2, 0.25) is 5.89 Å². The molecule has 1 aliphatic carbocycles. The zero-order valence-corrected chi connectivity index (χ0v) is 14.2. The quantitative estimate of drug-likeness (QED) is 0.753. The Kier molecular flexibility index (Phi) is 4.57. The standard InChI is InChI=1S/C16H25N7O/c1-21(7-8-23-12-17-11-18-23)14-3-2-6-22(9-14)10-15-19-16(24-20-15)13-4-5-13/h11-14H,2-10H2,1H3/t14-/m0/s1. The second-order valence-electron chi connectivity index (χ2n) is 6.99. The normalized spacial score (nSPS) is 22.3. The fourth-order valence-electron chi connectivity index (χ4n) is 3.35. The molecule has 0 aromatic carbocycles. The van der Waals surface area contributed by atoms with Gasteiger partial charge >= 0.3 is 0 Å². The van der Waals surface area contributed by atoms with Crippen molar-refractivity contribution < 1.29 is 4.52 Å². The first kappa shape index (κ1) is 15.7. The van der Waals surface area contributed by atoms with E-state index >= 15 is 0 Å². The summed E-state index contributed by atoms with van der Waals surface area (Å²) in [6.07, 6.45) is 8.21. The van der Waals surface area contributed by atoms with Crippen LogP contribution in [0, 0.1) is 0 Å². The van der Waals surface area contributed by atoms with Crippen LogP contribution in [0.3, 0.4) is 0 Å². The summed E-state index contributed by atoms with van der Waals surface area (Å²) in [6, 6.07) is 0.567. The third-order valence-electron chi connectivity index (χ3n) is 5.03. The number of rotatable bonds is 7. The molecule has 1 atom stereocenters. The van der Waals surface area contributed by atoms with E-state index in [9.17, 15) is 0 Å². The van der Waals surface area contributed by atoms with Crippen molar-refractivity contribution in [2.75, 3.05) is 26.7 Å². The first-order valence-electron chi connectivity index (χ1n) is 8.85. The SMILES string of the molecule is CN(CCn1cncn1)[C@H]1CCCN(Cc2noc(C3CC3)n2)C1. The minimum absolute atomic E-state index is 0.531. The molecule has 2 aliphatic rings. The van der Waals surface area contributed by atoms with E-state index in [1.807, 2.05) is 4.68 Å². The second-order valence-corrected chi connectivity index (χ2v) is 6.99. The first-order valence-corrected chi connectivity index (χ1v) is 8.85. The molecule has 2 fully saturated rings. The molecule has 3 heterocycles. The van der Waals surface area contributed by atoms with Crippen LogP contribution >= 0.6 is 0 Å². The third kappa shape index (κ3) is 3.81. The van der Waals surface area contributed by atoms with Crippen LogP contribution in [0.25, 0.3) is 0 Å². The van der Waals surface area contributed by atoms with Crippen molar-refractivity contribution in [3.05, 3.63) is 24.4 Å². The van der Waals surface area contributed by atoms with Gasteiger partial charge in [0.1, 0.15) is 12.7 Å². The Morgan fingerprint density at radius 3 is 3.04 bits per heavy atom. The van der Waals surface area contributed by atoms with Crippen LogP contribution in [0.2, 0.25) is 0 Å². The van der Waals surface area contributed by atoms with E-state index in [2.05, 4.69) is 37.1 Å². The molecule has 130 valence electrons. The zero-order valence-electron chi connectivity index (χ0n) is 14.2. The van der Waals surface area contributed by atoms with E-state index in [4.69, 9.17) is 4.52 Å². The molecule has 0 unspecified atom stereocenters. The van der Waals surface area contributed by atoms with Gasteiger partial charge in [-0.05, 0) is 39.3 Å². The highest BCUT2D eigenvalue weighted by atomic mass is 16.5. The van der Waals surface area contributed by atoms with Gasteiger partial charge in [0.15, 0.2) is 5.82 Å². The minimum atomic E-state index is 0.531. The lowest BCUT2D eigenvalue weighted by Crippen LogP contribution is -2.47. The molecule has 24 heavy (non-hydrogen) atoms. The van der Waals surface area contributed by atoms with Crippen molar-refractivity contribution in [1.82, 2.24) is 34.7 Å². The summed E-state index contributed by atoms with van der Waals surface area (Å²) in [7, 11) is 2.20. The molecule has 1 saturated carbocycles. The Hall–Kier alpha value is -1.80. The molecule has 0 radical (unpaired) electrons. The Morgan fingerprint density at radius 2 is 2.25 bits per heavy atom. The molecule has 1 saturated heterocycles. The Bertz CT molecular complexity index is 637. The summed E-state index contributed by atoms with van der Waals surface area (Å²) in [5.74, 6) is 2.20. The highest BCUT2D eigenvalue weighted by Gasteiger charge is 2.30. The maximum Gasteiger partial charge on any atom is 0.229 e. The van der Waals surface area contributed by atoms with E-state index in [-0.39, 0.29) is 0 Å². The van der Waals surface area contributed by atoms with E-state index in [0.29, 0.717) is 12.0 Å². The number of piperidine rings is 1. The topological polar surface area (TPSA) is 76.1 Å². The number of aromatic nitrogens is 5. The largest absolute Gasteiger partial charge is 0.339 e. The van der Waals surface area contributed by atoms with Crippen molar-refractivity contribution in [2.24, 2.45) is 0 Å². The van der Waals surface area contributed by atoms with Gasteiger partial charge < -0.3 is 9.42 Å². The molecule has 8 heteroatoms. The molecular weight excluding hydrogens is 306 g/mol. The summed E-state index contributed by atoms with van der Waals surface area (Å²) in [6.45, 7) is 4.82. The first-order chi connectivity index (χ1) is 11.8. The Morgan fingerprint density at radius 1 is 1.33 bits per heavy atom. The van der Waals surface area contributed by atoms with Crippen LogP contribution in [0.5, 0.6) is 0 Å². The summed E-state index contributed by atoms with van der Waals surface area (Å²) >= 11 is 0. The number of hydrogen-bond donors (Lipinski definition) is 0. The summed E-state index contributed by atoms with van der Waals surface area (Å²) < 4.78 is 7.26. The van der Waals surface area contributed by atoms with Crippen molar-refractivity contribution in [1.29, 1.82) is 0 Å². The molecule has 8 nitrogen and oxygen atoms in total. The lowest BCUT2D eigenvalue weighted by Gasteiger charge is -2.37. The van der Waals surface area contributed by atoms with Crippen molar-refractivity contribution >= 4 is 0 Å². The fraction of sp³-hybridized carbons (Fsp3) is 0.750. The molecule has 0 bridgehead atoms. The van der Waals surface area contributed by atoms with Gasteiger partial charge in [-0.2, -0.15) is 10.1 Å². The number of likely N-dealkylation sites (tertiary alicyclic amines) is 1. The molecule has 0 amide bonds. The minimum Gasteiger partial charge on any atom is -0.339 e. The molecule has 2 aromatic rings. The fourth-order valence-corrected chi connectivity index (χ4v) is 3.35. The van der Waals surface area contributed by atoms with Crippen LogP contribution in [-0.4, -0.2) is 67.4 Å². The summed E-state index contributed by atoms with van der Waals surface area (Å²) in [5.41, 5.74) is 0. The summed E-state index contributed by atoms with van der Waals surface area (Å²) in [5, 5.41) is 8.32. The van der Waals surface area contributed by atoms with E-state index in [1.54, 1.807) is 12.7 Å². The van der Waals surface area contributed by atoms with Crippen LogP contribution in [0.15, 0.2) is 17.2 Å². The average molecular weight is 331 g/mol. The van der Waals surface area contributed by atoms with Crippen LogP contribution in [0.4, 0.5) is 0 Å². The molecule has 0 N–H and O–H groups in total. The molecule has 1 aliphatic heterocycles. The Labute approximate surface area is 141 Å². The second kappa shape index (κ2) is 6.98. The van der Waals surface area contributed by atoms with Gasteiger partial charge in [-0.1, -0.05) is 5.16 Å². The maximum atomic E-state index is 5.37. The van der Waals surface area contributed by atoms with E-state index < -0.39 is 0 Å². The predicted octanol–water partition coefficient (Wildman–Crippen LogP) is 1.13. The smallest absolute Gasteiger partial charge is 0.229 e. The van der Waals surface area contributed by atoms with Crippen molar-refractivity contribution in [2.45, 2.75) is 50.7 Å². The van der Waals surface area contributed by atoms with Crippen LogP contribution in [0.1, 0.15) is 43.3 Å². The average Bonchev–Trinajstić information content (AvgIpc) is 3.12. The highest BCUT2D eigenvalue weighted by Crippen LogP contribution is 2.38. The highest BCUT2D eigenvalue weighted by molar-refractivity contribution is 5.01. The van der Waals surface area contributed by atoms with E-state index in [1.165, 1.54) is 25.7 Å². The van der Waals surface area contributed by atoms with Gasteiger partial charge in [-0.3, -0.25) is 9.58 Å². The van der Waals surface area contributed by atoms with Crippen molar-refractivity contribution in [3.63, 3.8) is 0 Å². The van der Waals surface area contributed by atoms with Gasteiger partial charge in [-0.25, -0.2) is 4.98 Å². The van der Waals surface area contributed by atoms with Crippen LogP contribution < -0.4 is 0 Å². The molecule has 2 aromatic heterocycles. The molecule has 4 rings (SSSR count). The predicted molar refractivity (Wildman–Crippen MR) is 87.2 cm³/mol. The Balaban J connectivity index is 1.27. The number of hydrogen-bond acceptors (Lipinski definition) is 7. The van der Waals surface area contributed by atoms with Gasteiger partial charge in [0.05, 0.1) is 13.1 Å². The molecular formula is C16H25N7O. The van der Waals surface area contributed by atoms with Gasteiger partial charge in [0, 0.05) is 25.0 Å².